The number of hydrogen-bond donors (Lipinski definition) is 3. The summed E-state index contributed by atoms with van der Waals surface area (Å²) in [5.41, 5.74) is -1.32. The van der Waals surface area contributed by atoms with E-state index in [1.807, 2.05) is 33.4 Å². The summed E-state index contributed by atoms with van der Waals surface area (Å²) in [5, 5.41) is 17.0. The lowest BCUT2D eigenvalue weighted by Crippen LogP contribution is -2.51. The minimum absolute atomic E-state index is 0.00346. The van der Waals surface area contributed by atoms with E-state index >= 15 is 0 Å². The number of benzene rings is 2. The van der Waals surface area contributed by atoms with Gasteiger partial charge in [-0.05, 0) is 70.0 Å². The number of morpholine rings is 2. The second-order valence-electron chi connectivity index (χ2n) is 21.2. The molecule has 4 aliphatic rings. The van der Waals surface area contributed by atoms with Crippen molar-refractivity contribution in [3.63, 3.8) is 0 Å². The highest BCUT2D eigenvalue weighted by Crippen LogP contribution is 2.36. The first-order chi connectivity index (χ1) is 40.3. The van der Waals surface area contributed by atoms with Crippen LogP contribution in [0.2, 0.25) is 10.0 Å². The predicted octanol–water partition coefficient (Wildman–Crippen LogP) is 5.67. The van der Waals surface area contributed by atoms with E-state index in [0.29, 0.717) is 152 Å². The molecule has 10 rings (SSSR count). The van der Waals surface area contributed by atoms with Crippen molar-refractivity contribution in [2.45, 2.75) is 78.5 Å². The number of amides is 3. The van der Waals surface area contributed by atoms with E-state index in [9.17, 15) is 50.3 Å². The lowest BCUT2D eigenvalue weighted by atomic mass is 10.2. The summed E-state index contributed by atoms with van der Waals surface area (Å²) >= 11 is 12.1. The van der Waals surface area contributed by atoms with Crippen molar-refractivity contribution in [1.82, 2.24) is 48.5 Å². The number of aromatic nitrogens is 8. The highest BCUT2D eigenvalue weighted by molar-refractivity contribution is 6.34. The van der Waals surface area contributed by atoms with Gasteiger partial charge in [0, 0.05) is 78.5 Å². The number of piperazine rings is 2. The van der Waals surface area contributed by atoms with Gasteiger partial charge in [0.2, 0.25) is 35.3 Å². The number of carbonyl (C=O) groups is 3. The van der Waals surface area contributed by atoms with Crippen LogP contribution in [0.4, 0.5) is 65.8 Å². The molecule has 3 amide bonds. The summed E-state index contributed by atoms with van der Waals surface area (Å²) in [7, 11) is 0. The molecule has 0 radical (unpaired) electrons. The van der Waals surface area contributed by atoms with E-state index in [2.05, 4.69) is 36.1 Å². The van der Waals surface area contributed by atoms with Gasteiger partial charge in [-0.2, -0.15) is 45.3 Å². The van der Waals surface area contributed by atoms with Crippen LogP contribution in [0.3, 0.4) is 0 Å². The Morgan fingerprint density at radius 2 is 1.00 bits per heavy atom. The van der Waals surface area contributed by atoms with Gasteiger partial charge >= 0.3 is 18.4 Å². The van der Waals surface area contributed by atoms with Crippen LogP contribution in [0.1, 0.15) is 57.1 Å². The number of carbonyl (C=O) groups excluding carboxylic acids is 3. The van der Waals surface area contributed by atoms with Crippen LogP contribution in [0.25, 0.3) is 11.6 Å². The minimum Gasteiger partial charge on any atom is -0.444 e. The Morgan fingerprint density at radius 1 is 0.600 bits per heavy atom. The molecule has 0 bridgehead atoms. The molecule has 0 aliphatic carbocycles. The fraction of sp³-hybridized carbons (Fsp3) is 0.528. The zero-order valence-corrected chi connectivity index (χ0v) is 48.7. The minimum atomic E-state index is -4.59. The van der Waals surface area contributed by atoms with E-state index in [0.717, 1.165) is 40.9 Å². The van der Waals surface area contributed by atoms with Crippen molar-refractivity contribution >= 4 is 87.3 Å². The number of ether oxygens (including phenoxy) is 3. The number of anilines is 6. The average Bonchev–Trinajstić information content (AvgIpc) is 1.83. The second-order valence-corrected chi connectivity index (χ2v) is 22.0. The van der Waals surface area contributed by atoms with Crippen molar-refractivity contribution in [3.8, 4) is 0 Å². The third-order valence-corrected chi connectivity index (χ3v) is 14.9. The van der Waals surface area contributed by atoms with Gasteiger partial charge in [-0.25, -0.2) is 4.79 Å². The topological polar surface area (TPSA) is 236 Å². The maximum atomic E-state index is 14.0. The highest BCUT2D eigenvalue weighted by atomic mass is 35.5. The van der Waals surface area contributed by atoms with Gasteiger partial charge in [-0.1, -0.05) is 37.0 Å². The Bertz CT molecular complexity index is 3560. The van der Waals surface area contributed by atoms with Crippen LogP contribution in [-0.4, -0.2) is 172 Å². The van der Waals surface area contributed by atoms with Crippen molar-refractivity contribution in [2.75, 3.05) is 135 Å². The molecule has 460 valence electrons. The van der Waals surface area contributed by atoms with E-state index in [1.165, 1.54) is 4.52 Å². The molecule has 24 nitrogen and oxygen atoms in total. The molecule has 2 aromatic carbocycles. The molecule has 32 heteroatoms. The van der Waals surface area contributed by atoms with E-state index < -0.39 is 52.5 Å². The summed E-state index contributed by atoms with van der Waals surface area (Å²) < 4.78 is 100. The SMILES string of the molecule is CCc1c(N2CCN(C(=O)OC(C)(C)C)CC2)c(=O)n2nc(N3CCOCC3)nc2n1CC(=O)Nc1ccc(C(F)(F)F)cc1Cl.CCc1c(N2CCNCC2)c(=O)n2nc(N3CCOCC3)nc2n1CC(=O)Nc1ccc(C(F)(F)F)cc1Cl. The Morgan fingerprint density at radius 3 is 1.36 bits per heavy atom. The summed E-state index contributed by atoms with van der Waals surface area (Å²) in [5.74, 6) is -0.152. The Hall–Kier alpha value is -7.41. The van der Waals surface area contributed by atoms with Crippen LogP contribution >= 0.6 is 23.2 Å². The first kappa shape index (κ1) is 62.1. The van der Waals surface area contributed by atoms with Crippen LogP contribution in [0, 0.1) is 0 Å². The number of nitrogens with zero attached hydrogens (tertiary/aromatic N) is 13. The molecule has 4 saturated heterocycles. The molecule has 4 aromatic heterocycles. The maximum absolute atomic E-state index is 14.0. The van der Waals surface area contributed by atoms with Gasteiger partial charge < -0.3 is 63.8 Å². The van der Waals surface area contributed by atoms with Crippen molar-refractivity contribution in [1.29, 1.82) is 0 Å². The lowest BCUT2D eigenvalue weighted by Gasteiger charge is -2.37. The second kappa shape index (κ2) is 25.7. The zero-order chi connectivity index (χ0) is 61.1. The molecule has 0 atom stereocenters. The Labute approximate surface area is 492 Å². The summed E-state index contributed by atoms with van der Waals surface area (Å²) in [4.78, 5) is 85.5. The molecule has 4 fully saturated rings. The standard InChI is InChI=1S/C29H36ClF3N8O5.C24H28ClF3N8O3/c1-5-21-23(37-8-10-39(11-9-37)27(44)46-28(2,3)4)24(43)41-26(35-25(36-41)38-12-14-45-15-13-38)40(21)17-22(42)34-20-7-6-18(16-19(20)30)29(31,32)33;1-2-18-20(33-7-5-29-6-8-33)21(38)36-23(31-22(32-36)34-9-11-39-12-10-34)35(18)14-19(37)30-17-4-3-15(13-16(17)25)24(26,27)28/h6-7,16H,5,8-15,17H2,1-4H3,(H,34,42);3-4,13,29H,2,5-12,14H2,1H3,(H,30,37). The summed E-state index contributed by atoms with van der Waals surface area (Å²) in [6, 6.07) is 5.40. The maximum Gasteiger partial charge on any atom is 0.416 e. The van der Waals surface area contributed by atoms with Gasteiger partial charge in [-0.15, -0.1) is 10.2 Å². The first-order valence-electron chi connectivity index (χ1n) is 27.6. The van der Waals surface area contributed by atoms with Crippen molar-refractivity contribution in [2.24, 2.45) is 0 Å². The first-order valence-corrected chi connectivity index (χ1v) is 28.3. The molecular weight excluding hydrogens is 1170 g/mol. The van der Waals surface area contributed by atoms with Crippen LogP contribution in [0.5, 0.6) is 0 Å². The van der Waals surface area contributed by atoms with Gasteiger partial charge in [-0.3, -0.25) is 19.2 Å². The molecule has 0 saturated carbocycles. The normalized spacial score (nSPS) is 16.4. The molecule has 3 N–H and O–H groups in total. The Kier molecular flexibility index (Phi) is 18.8. The molecule has 0 spiro atoms. The lowest BCUT2D eigenvalue weighted by molar-refractivity contribution is -0.138. The fourth-order valence-corrected chi connectivity index (χ4v) is 10.7. The number of halogens is 8. The molecule has 85 heavy (non-hydrogen) atoms. The molecule has 8 heterocycles. The van der Waals surface area contributed by atoms with E-state index in [1.54, 1.807) is 34.8 Å². The average molecular weight is 1240 g/mol. The predicted molar refractivity (Wildman–Crippen MR) is 305 cm³/mol. The number of fused-ring (bicyclic) bond motifs is 2. The number of rotatable bonds is 12. The monoisotopic (exact) mass is 1240 g/mol. The highest BCUT2D eigenvalue weighted by Gasteiger charge is 2.35. The molecule has 0 unspecified atom stereocenters. The molecular formula is C53H64Cl2F6N16O8. The quantitative estimate of drug-likeness (QED) is 0.125. The van der Waals surface area contributed by atoms with Crippen molar-refractivity contribution in [3.05, 3.63) is 89.7 Å². The molecule has 4 aliphatic heterocycles. The van der Waals surface area contributed by atoms with Gasteiger partial charge in [0.1, 0.15) is 30.1 Å². The van der Waals surface area contributed by atoms with Crippen LogP contribution in [-0.2, 0) is 62.1 Å². The number of nitrogens with one attached hydrogen (secondary N) is 3. The van der Waals surface area contributed by atoms with Crippen LogP contribution < -0.4 is 46.7 Å². The smallest absolute Gasteiger partial charge is 0.416 e. The largest absolute Gasteiger partial charge is 0.444 e. The third kappa shape index (κ3) is 14.1. The number of hydrogen-bond acceptors (Lipinski definition) is 17. The van der Waals surface area contributed by atoms with Gasteiger partial charge in [0.15, 0.2) is 0 Å². The summed E-state index contributed by atoms with van der Waals surface area (Å²) in [6.45, 7) is 16.4. The van der Waals surface area contributed by atoms with Gasteiger partial charge in [0.25, 0.3) is 11.1 Å². The number of alkyl halides is 6. The van der Waals surface area contributed by atoms with Crippen molar-refractivity contribution < 1.29 is 54.9 Å². The third-order valence-electron chi connectivity index (χ3n) is 14.3. The van der Waals surface area contributed by atoms with Crippen LogP contribution in [0.15, 0.2) is 46.0 Å². The zero-order valence-electron chi connectivity index (χ0n) is 47.2. The van der Waals surface area contributed by atoms with Gasteiger partial charge in [0.05, 0.1) is 70.4 Å². The summed E-state index contributed by atoms with van der Waals surface area (Å²) in [6.07, 6.45) is -8.83. The fourth-order valence-electron chi connectivity index (χ4n) is 10.2. The Balaban J connectivity index is 0.000000206. The van der Waals surface area contributed by atoms with E-state index in [-0.39, 0.29) is 51.6 Å². The van der Waals surface area contributed by atoms with E-state index in [4.69, 9.17) is 37.4 Å². The molecule has 6 aromatic rings.